The molecule has 0 spiro atoms. The summed E-state index contributed by atoms with van der Waals surface area (Å²) in [5.41, 5.74) is 1.05. The highest BCUT2D eigenvalue weighted by Crippen LogP contribution is 2.28. The van der Waals surface area contributed by atoms with Gasteiger partial charge >= 0.3 is 0 Å². The van der Waals surface area contributed by atoms with E-state index in [1.807, 2.05) is 24.3 Å². The number of benzene rings is 1. The molecule has 2 fully saturated rings. The molecule has 1 heterocycles. The Hall–Kier alpha value is -1.24. The molecule has 4 nitrogen and oxygen atoms in total. The molecule has 0 radical (unpaired) electrons. The van der Waals surface area contributed by atoms with Gasteiger partial charge in [0.05, 0.1) is 0 Å². The number of hydrogen-bond acceptors (Lipinski definition) is 4. The van der Waals surface area contributed by atoms with E-state index in [0.29, 0.717) is 32.2 Å². The number of aliphatic hydroxyl groups excluding tert-OH is 1. The van der Waals surface area contributed by atoms with Crippen molar-refractivity contribution >= 4 is 0 Å². The first-order valence-corrected chi connectivity index (χ1v) is 10.6. The number of hydrogen-bond donors (Lipinski definition) is 1. The van der Waals surface area contributed by atoms with Gasteiger partial charge < -0.3 is 14.7 Å². The molecule has 0 amide bonds. The van der Waals surface area contributed by atoms with Gasteiger partial charge in [-0.2, -0.15) is 0 Å². The molecule has 6 heteroatoms. The van der Waals surface area contributed by atoms with Crippen LogP contribution in [-0.2, 0) is 6.54 Å². The average Bonchev–Trinajstić information content (AvgIpc) is 2.69. The third-order valence-corrected chi connectivity index (χ3v) is 6.03. The number of ether oxygens (including phenoxy) is 1. The zero-order valence-electron chi connectivity index (χ0n) is 17.0. The van der Waals surface area contributed by atoms with Crippen molar-refractivity contribution in [2.75, 3.05) is 33.3 Å². The van der Waals surface area contributed by atoms with E-state index in [1.54, 1.807) is 0 Å². The van der Waals surface area contributed by atoms with Crippen LogP contribution in [0, 0.1) is 0 Å². The molecule has 1 saturated carbocycles. The summed E-state index contributed by atoms with van der Waals surface area (Å²) in [5.74, 6) is -1.79. The highest BCUT2D eigenvalue weighted by atomic mass is 19.3. The summed E-state index contributed by atoms with van der Waals surface area (Å²) >= 11 is 0. The summed E-state index contributed by atoms with van der Waals surface area (Å²) in [7, 11) is 2.09. The monoisotopic (exact) mass is 396 g/mol. The van der Waals surface area contributed by atoms with Crippen molar-refractivity contribution in [3.05, 3.63) is 29.8 Å². The summed E-state index contributed by atoms with van der Waals surface area (Å²) in [5, 5.41) is 10.3. The molecule has 2 aliphatic rings. The first-order valence-electron chi connectivity index (χ1n) is 10.6. The second kappa shape index (κ2) is 9.99. The maximum Gasteiger partial charge on any atom is 0.250 e. The number of nitrogens with zero attached hydrogens (tertiary/aromatic N) is 2. The summed E-state index contributed by atoms with van der Waals surface area (Å²) in [6.45, 7) is 2.37. The molecule has 1 aromatic carbocycles. The lowest BCUT2D eigenvalue weighted by Gasteiger charge is -2.32. The smallest absolute Gasteiger partial charge is 0.250 e. The fourth-order valence-electron chi connectivity index (χ4n) is 4.28. The predicted octanol–water partition coefficient (Wildman–Crippen LogP) is 3.92. The van der Waals surface area contributed by atoms with Gasteiger partial charge in [0.2, 0.25) is 0 Å². The van der Waals surface area contributed by atoms with Crippen molar-refractivity contribution in [1.29, 1.82) is 0 Å². The molecular weight excluding hydrogens is 362 g/mol. The van der Waals surface area contributed by atoms with E-state index in [-0.39, 0.29) is 19.4 Å². The first-order chi connectivity index (χ1) is 13.4. The van der Waals surface area contributed by atoms with Gasteiger partial charge in [0.1, 0.15) is 18.5 Å². The van der Waals surface area contributed by atoms with Crippen LogP contribution < -0.4 is 4.74 Å². The number of alkyl halides is 2. The Labute approximate surface area is 167 Å². The molecule has 0 unspecified atom stereocenters. The zero-order valence-corrected chi connectivity index (χ0v) is 17.0. The van der Waals surface area contributed by atoms with E-state index in [0.717, 1.165) is 11.3 Å². The van der Waals surface area contributed by atoms with Crippen molar-refractivity contribution in [1.82, 2.24) is 9.80 Å². The molecule has 1 aliphatic heterocycles. The van der Waals surface area contributed by atoms with Crippen molar-refractivity contribution in [2.24, 2.45) is 0 Å². The molecule has 28 heavy (non-hydrogen) atoms. The van der Waals surface area contributed by atoms with Gasteiger partial charge in [0, 0.05) is 45.1 Å². The van der Waals surface area contributed by atoms with E-state index < -0.39 is 12.0 Å². The van der Waals surface area contributed by atoms with Crippen LogP contribution in [0.25, 0.3) is 0 Å². The van der Waals surface area contributed by atoms with Crippen LogP contribution in [-0.4, -0.2) is 66.3 Å². The molecule has 1 N–H and O–H groups in total. The van der Waals surface area contributed by atoms with E-state index in [1.165, 1.54) is 32.1 Å². The van der Waals surface area contributed by atoms with Gasteiger partial charge in [-0.1, -0.05) is 31.4 Å². The summed E-state index contributed by atoms with van der Waals surface area (Å²) in [4.78, 5) is 4.32. The number of likely N-dealkylation sites (N-methyl/N-ethyl adjacent to an activating group) is 1. The van der Waals surface area contributed by atoms with Crippen LogP contribution in [0.2, 0.25) is 0 Å². The molecule has 0 aromatic heterocycles. The Morgan fingerprint density at radius 2 is 1.93 bits per heavy atom. The average molecular weight is 397 g/mol. The van der Waals surface area contributed by atoms with E-state index in [9.17, 15) is 13.9 Å². The van der Waals surface area contributed by atoms with Crippen LogP contribution in [0.1, 0.15) is 50.5 Å². The maximum absolute atomic E-state index is 13.3. The molecular formula is C22H34F2N2O2. The topological polar surface area (TPSA) is 35.9 Å². The minimum Gasteiger partial charge on any atom is -0.491 e. The molecule has 3 rings (SSSR count). The number of aliphatic hydroxyl groups is 1. The zero-order chi connectivity index (χ0) is 20.0. The Kier molecular flexibility index (Phi) is 7.66. The van der Waals surface area contributed by atoms with Gasteiger partial charge in [0.15, 0.2) is 0 Å². The number of likely N-dealkylation sites (tertiary alicyclic amines) is 1. The molecule has 1 aromatic rings. The number of rotatable bonds is 8. The van der Waals surface area contributed by atoms with Gasteiger partial charge in [-0.05, 0) is 37.6 Å². The highest BCUT2D eigenvalue weighted by Gasteiger charge is 2.33. The van der Waals surface area contributed by atoms with Crippen molar-refractivity contribution in [3.8, 4) is 5.75 Å². The number of halogens is 2. The Morgan fingerprint density at radius 1 is 1.21 bits per heavy atom. The van der Waals surface area contributed by atoms with Gasteiger partial charge in [0.25, 0.3) is 5.92 Å². The second-order valence-electron chi connectivity index (χ2n) is 8.48. The molecule has 1 saturated heterocycles. The lowest BCUT2D eigenvalue weighted by atomic mass is 9.94. The fraction of sp³-hybridized carbons (Fsp3) is 0.727. The van der Waals surface area contributed by atoms with E-state index in [2.05, 4.69) is 16.8 Å². The van der Waals surface area contributed by atoms with Crippen LogP contribution >= 0.6 is 0 Å². The van der Waals surface area contributed by atoms with Gasteiger partial charge in [-0.3, -0.25) is 4.90 Å². The molecule has 1 aliphatic carbocycles. The van der Waals surface area contributed by atoms with E-state index in [4.69, 9.17) is 4.74 Å². The lowest BCUT2D eigenvalue weighted by Crippen LogP contribution is -2.40. The largest absolute Gasteiger partial charge is 0.491 e. The first kappa shape index (κ1) is 21.5. The lowest BCUT2D eigenvalue weighted by molar-refractivity contribution is -0.0566. The van der Waals surface area contributed by atoms with Crippen molar-refractivity contribution in [3.63, 3.8) is 0 Å². The highest BCUT2D eigenvalue weighted by molar-refractivity contribution is 5.28. The quantitative estimate of drug-likeness (QED) is 0.723. The third-order valence-electron chi connectivity index (χ3n) is 6.03. The molecule has 158 valence electrons. The third kappa shape index (κ3) is 6.68. The van der Waals surface area contributed by atoms with Crippen LogP contribution in [0.3, 0.4) is 0 Å². The normalized spacial score (nSPS) is 22.3. The SMILES string of the molecule is CN(C[C@H](O)COc1cccc(CN2CCC(F)(F)CC2)c1)C1CCCCC1. The summed E-state index contributed by atoms with van der Waals surface area (Å²) in [6.07, 6.45) is 5.66. The summed E-state index contributed by atoms with van der Waals surface area (Å²) in [6, 6.07) is 8.32. The Balaban J connectivity index is 1.42. The molecule has 0 bridgehead atoms. The second-order valence-corrected chi connectivity index (χ2v) is 8.48. The maximum atomic E-state index is 13.3. The Morgan fingerprint density at radius 3 is 2.64 bits per heavy atom. The molecule has 1 atom stereocenters. The van der Waals surface area contributed by atoms with Crippen molar-refractivity contribution < 1.29 is 18.6 Å². The van der Waals surface area contributed by atoms with Gasteiger partial charge in [-0.15, -0.1) is 0 Å². The minimum absolute atomic E-state index is 0.0656. The van der Waals surface area contributed by atoms with Crippen LogP contribution in [0.15, 0.2) is 24.3 Å². The van der Waals surface area contributed by atoms with Crippen LogP contribution in [0.4, 0.5) is 8.78 Å². The minimum atomic E-state index is -2.51. The van der Waals surface area contributed by atoms with Crippen molar-refractivity contribution in [2.45, 2.75) is 69.6 Å². The van der Waals surface area contributed by atoms with E-state index >= 15 is 0 Å². The number of piperidine rings is 1. The summed E-state index contributed by atoms with van der Waals surface area (Å²) < 4.78 is 32.4. The standard InChI is InChI=1S/C22H34F2N2O2/c1-25(19-7-3-2-4-8-19)16-20(27)17-28-21-9-5-6-18(14-21)15-26-12-10-22(23,24)11-13-26/h5-6,9,14,19-20,27H,2-4,7-8,10-13,15-17H2,1H3/t20-/m0/s1. The fourth-order valence-corrected chi connectivity index (χ4v) is 4.28. The predicted molar refractivity (Wildman–Crippen MR) is 107 cm³/mol. The van der Waals surface area contributed by atoms with Crippen LogP contribution in [0.5, 0.6) is 5.75 Å². The Bertz CT molecular complexity index is 598. The van der Waals surface area contributed by atoms with Gasteiger partial charge in [-0.25, -0.2) is 8.78 Å².